The van der Waals surface area contributed by atoms with Crippen LogP contribution in [0.3, 0.4) is 0 Å². The first-order chi connectivity index (χ1) is 8.16. The highest BCUT2D eigenvalue weighted by molar-refractivity contribution is 9.12. The SMILES string of the molecule is O=C1O[C@H]([C@H](O)/C=C/c2ccccc2)C=C1Br. The molecule has 0 radical (unpaired) electrons. The van der Waals surface area contributed by atoms with Crippen LogP contribution in [0.2, 0.25) is 0 Å². The van der Waals surface area contributed by atoms with Crippen LogP contribution < -0.4 is 0 Å². The molecule has 1 aromatic carbocycles. The van der Waals surface area contributed by atoms with Crippen LogP contribution in [0, 0.1) is 0 Å². The summed E-state index contributed by atoms with van der Waals surface area (Å²) in [7, 11) is 0. The quantitative estimate of drug-likeness (QED) is 0.870. The van der Waals surface area contributed by atoms with Gasteiger partial charge in [0.1, 0.15) is 10.6 Å². The first kappa shape index (κ1) is 12.1. The Morgan fingerprint density at radius 1 is 1.35 bits per heavy atom. The number of ether oxygens (including phenoxy) is 1. The summed E-state index contributed by atoms with van der Waals surface area (Å²) in [5.41, 5.74) is 0.985. The smallest absolute Gasteiger partial charge is 0.345 e. The van der Waals surface area contributed by atoms with E-state index in [0.29, 0.717) is 4.48 Å². The van der Waals surface area contributed by atoms with E-state index in [4.69, 9.17) is 4.74 Å². The third-order valence-corrected chi connectivity index (χ3v) is 2.96. The van der Waals surface area contributed by atoms with Crippen molar-refractivity contribution >= 4 is 28.0 Å². The number of hydrogen-bond acceptors (Lipinski definition) is 3. The lowest BCUT2D eigenvalue weighted by Crippen LogP contribution is -2.23. The number of rotatable bonds is 3. The van der Waals surface area contributed by atoms with Gasteiger partial charge in [0.25, 0.3) is 0 Å². The highest BCUT2D eigenvalue weighted by Crippen LogP contribution is 2.21. The fourth-order valence-electron chi connectivity index (χ4n) is 1.48. The van der Waals surface area contributed by atoms with Gasteiger partial charge in [-0.05, 0) is 27.6 Å². The van der Waals surface area contributed by atoms with E-state index >= 15 is 0 Å². The zero-order chi connectivity index (χ0) is 12.3. The topological polar surface area (TPSA) is 46.5 Å². The van der Waals surface area contributed by atoms with Crippen LogP contribution in [0.4, 0.5) is 0 Å². The number of aliphatic hydroxyl groups excluding tert-OH is 1. The largest absolute Gasteiger partial charge is 0.451 e. The highest BCUT2D eigenvalue weighted by Gasteiger charge is 2.27. The second-order valence-electron chi connectivity index (χ2n) is 3.64. The first-order valence-electron chi connectivity index (χ1n) is 5.16. The van der Waals surface area contributed by atoms with Crippen LogP contribution in [-0.2, 0) is 9.53 Å². The molecule has 1 aliphatic heterocycles. The Kier molecular flexibility index (Phi) is 3.76. The average Bonchev–Trinajstić information content (AvgIpc) is 2.68. The lowest BCUT2D eigenvalue weighted by molar-refractivity contribution is -0.141. The fourth-order valence-corrected chi connectivity index (χ4v) is 1.83. The van der Waals surface area contributed by atoms with Gasteiger partial charge in [-0.25, -0.2) is 4.79 Å². The summed E-state index contributed by atoms with van der Waals surface area (Å²) in [6.07, 6.45) is 3.50. The van der Waals surface area contributed by atoms with E-state index in [9.17, 15) is 9.90 Å². The minimum atomic E-state index is -0.839. The van der Waals surface area contributed by atoms with Gasteiger partial charge in [0.2, 0.25) is 0 Å². The molecule has 0 saturated carbocycles. The van der Waals surface area contributed by atoms with Gasteiger partial charge in [0.15, 0.2) is 6.10 Å². The van der Waals surface area contributed by atoms with Crippen molar-refractivity contribution in [3.8, 4) is 0 Å². The number of esters is 1. The van der Waals surface area contributed by atoms with Crippen LogP contribution in [0.15, 0.2) is 47.0 Å². The molecule has 0 unspecified atom stereocenters. The minimum absolute atomic E-state index is 0.356. The van der Waals surface area contributed by atoms with Crippen molar-refractivity contribution in [3.63, 3.8) is 0 Å². The van der Waals surface area contributed by atoms with Crippen molar-refractivity contribution in [3.05, 3.63) is 52.5 Å². The van der Waals surface area contributed by atoms with Crippen LogP contribution >= 0.6 is 15.9 Å². The summed E-state index contributed by atoms with van der Waals surface area (Å²) in [4.78, 5) is 11.1. The van der Waals surface area contributed by atoms with Gasteiger partial charge in [-0.2, -0.15) is 0 Å². The molecule has 88 valence electrons. The molecule has 0 aromatic heterocycles. The van der Waals surface area contributed by atoms with E-state index in [-0.39, 0.29) is 0 Å². The number of hydrogen-bond donors (Lipinski definition) is 1. The number of benzene rings is 1. The maximum atomic E-state index is 11.1. The molecule has 1 aliphatic rings. The summed E-state index contributed by atoms with van der Waals surface area (Å²) < 4.78 is 5.30. The average molecular weight is 295 g/mol. The van der Waals surface area contributed by atoms with Gasteiger partial charge >= 0.3 is 5.97 Å². The van der Waals surface area contributed by atoms with Gasteiger partial charge in [0.05, 0.1) is 0 Å². The Balaban J connectivity index is 2.01. The Hall–Kier alpha value is -1.39. The van der Waals surface area contributed by atoms with E-state index in [2.05, 4.69) is 15.9 Å². The molecule has 1 heterocycles. The predicted molar refractivity (Wildman–Crippen MR) is 68.4 cm³/mol. The Bertz CT molecular complexity index is 465. The van der Waals surface area contributed by atoms with Crippen molar-refractivity contribution in [1.29, 1.82) is 0 Å². The lowest BCUT2D eigenvalue weighted by Gasteiger charge is -2.11. The van der Waals surface area contributed by atoms with Gasteiger partial charge < -0.3 is 9.84 Å². The Morgan fingerprint density at radius 2 is 2.06 bits per heavy atom. The maximum Gasteiger partial charge on any atom is 0.345 e. The molecule has 0 spiro atoms. The lowest BCUT2D eigenvalue weighted by atomic mass is 10.1. The third-order valence-electron chi connectivity index (χ3n) is 2.37. The molecule has 2 atom stereocenters. The molecule has 2 rings (SSSR count). The summed E-state index contributed by atoms with van der Waals surface area (Å²) in [6.45, 7) is 0. The standard InChI is InChI=1S/C13H11BrO3/c14-10-8-12(17-13(10)16)11(15)7-6-9-4-2-1-3-5-9/h1-8,11-12,15H/b7-6+/t11-,12+/m1/s1. The summed E-state index contributed by atoms with van der Waals surface area (Å²) in [5, 5.41) is 9.82. The third kappa shape index (κ3) is 3.05. The second-order valence-corrected chi connectivity index (χ2v) is 4.50. The van der Waals surface area contributed by atoms with Gasteiger partial charge in [-0.15, -0.1) is 0 Å². The number of aliphatic hydroxyl groups is 1. The van der Waals surface area contributed by atoms with Crippen LogP contribution in [-0.4, -0.2) is 23.3 Å². The van der Waals surface area contributed by atoms with E-state index in [1.54, 1.807) is 18.2 Å². The number of carbonyl (C=O) groups is 1. The number of carbonyl (C=O) groups excluding carboxylic acids is 1. The van der Waals surface area contributed by atoms with Crippen molar-refractivity contribution in [2.24, 2.45) is 0 Å². The van der Waals surface area contributed by atoms with E-state index in [0.717, 1.165) is 5.56 Å². The summed E-state index contributed by atoms with van der Waals surface area (Å²) in [6, 6.07) is 9.61. The van der Waals surface area contributed by atoms with E-state index in [1.807, 2.05) is 30.3 Å². The van der Waals surface area contributed by atoms with Crippen molar-refractivity contribution in [2.45, 2.75) is 12.2 Å². The zero-order valence-corrected chi connectivity index (χ0v) is 10.5. The molecule has 1 N–H and O–H groups in total. The van der Waals surface area contributed by atoms with Gasteiger partial charge in [0, 0.05) is 0 Å². The Labute approximate surface area is 108 Å². The zero-order valence-electron chi connectivity index (χ0n) is 8.92. The molecule has 0 bridgehead atoms. The van der Waals surface area contributed by atoms with Crippen LogP contribution in [0.5, 0.6) is 0 Å². The van der Waals surface area contributed by atoms with Crippen LogP contribution in [0.25, 0.3) is 6.08 Å². The monoisotopic (exact) mass is 294 g/mol. The highest BCUT2D eigenvalue weighted by atomic mass is 79.9. The molecule has 17 heavy (non-hydrogen) atoms. The van der Waals surface area contributed by atoms with Gasteiger partial charge in [-0.3, -0.25) is 0 Å². The molecule has 0 fully saturated rings. The normalized spacial score (nSPS) is 21.4. The van der Waals surface area contributed by atoms with Crippen molar-refractivity contribution in [1.82, 2.24) is 0 Å². The Morgan fingerprint density at radius 3 is 2.65 bits per heavy atom. The van der Waals surface area contributed by atoms with Crippen molar-refractivity contribution in [2.75, 3.05) is 0 Å². The van der Waals surface area contributed by atoms with Crippen LogP contribution in [0.1, 0.15) is 5.56 Å². The number of cyclic esters (lactones) is 1. The maximum absolute atomic E-state index is 11.1. The second kappa shape index (κ2) is 5.29. The molecule has 0 saturated heterocycles. The molecule has 0 amide bonds. The summed E-state index contributed by atoms with van der Waals surface area (Å²) >= 11 is 3.06. The van der Waals surface area contributed by atoms with E-state index < -0.39 is 18.2 Å². The molecule has 4 heteroatoms. The molecule has 3 nitrogen and oxygen atoms in total. The fraction of sp³-hybridized carbons (Fsp3) is 0.154. The molecule has 1 aromatic rings. The predicted octanol–water partition coefficient (Wildman–Crippen LogP) is 2.26. The van der Waals surface area contributed by atoms with Gasteiger partial charge in [-0.1, -0.05) is 42.5 Å². The molecular weight excluding hydrogens is 284 g/mol. The molecular formula is C13H11BrO3. The van der Waals surface area contributed by atoms with E-state index in [1.165, 1.54) is 0 Å². The number of halogens is 1. The summed E-state index contributed by atoms with van der Waals surface area (Å²) in [5.74, 6) is -0.442. The molecule has 0 aliphatic carbocycles. The van der Waals surface area contributed by atoms with Crippen molar-refractivity contribution < 1.29 is 14.6 Å². The minimum Gasteiger partial charge on any atom is -0.451 e. The first-order valence-corrected chi connectivity index (χ1v) is 5.96.